The molecule has 0 aliphatic heterocycles. The molecule has 84 valence electrons. The van der Waals surface area contributed by atoms with Crippen molar-refractivity contribution in [1.82, 2.24) is 5.32 Å². The van der Waals surface area contributed by atoms with Crippen LogP contribution in [0.5, 0.6) is 0 Å². The molecule has 3 nitrogen and oxygen atoms in total. The fourth-order valence-electron chi connectivity index (χ4n) is 1.19. The zero-order chi connectivity index (χ0) is 11.3. The van der Waals surface area contributed by atoms with E-state index in [2.05, 4.69) is 37.2 Å². The van der Waals surface area contributed by atoms with E-state index in [1.165, 1.54) is 0 Å². The van der Waals surface area contributed by atoms with Crippen molar-refractivity contribution >= 4 is 37.8 Å². The van der Waals surface area contributed by atoms with E-state index in [1.807, 2.05) is 6.92 Å². The van der Waals surface area contributed by atoms with Gasteiger partial charge in [0.25, 0.3) is 5.91 Å². The van der Waals surface area contributed by atoms with Gasteiger partial charge in [0, 0.05) is 11.4 Å². The van der Waals surface area contributed by atoms with E-state index in [4.69, 9.17) is 4.42 Å². The Morgan fingerprint density at radius 1 is 1.60 bits per heavy atom. The van der Waals surface area contributed by atoms with Crippen LogP contribution >= 0.6 is 31.9 Å². The van der Waals surface area contributed by atoms with Crippen molar-refractivity contribution < 1.29 is 9.21 Å². The minimum Gasteiger partial charge on any atom is -0.444 e. The average Bonchev–Trinajstić information content (AvgIpc) is 2.61. The van der Waals surface area contributed by atoms with Gasteiger partial charge in [0.1, 0.15) is 0 Å². The van der Waals surface area contributed by atoms with E-state index in [-0.39, 0.29) is 11.9 Å². The standard InChI is InChI=1S/C10H13Br2NO2/c1-7(3-2-6-11)13-10(14)8-4-5-9(12)15-8/h4-5,7H,2-3,6H2,1H3,(H,13,14). The number of hydrogen-bond donors (Lipinski definition) is 1. The van der Waals surface area contributed by atoms with Crippen LogP contribution < -0.4 is 5.32 Å². The second kappa shape index (κ2) is 6.33. The summed E-state index contributed by atoms with van der Waals surface area (Å²) in [6.45, 7) is 1.98. The molecule has 0 fully saturated rings. The molecule has 0 radical (unpaired) electrons. The largest absolute Gasteiger partial charge is 0.444 e. The average molecular weight is 339 g/mol. The van der Waals surface area contributed by atoms with Gasteiger partial charge < -0.3 is 9.73 Å². The van der Waals surface area contributed by atoms with Crippen LogP contribution in [-0.4, -0.2) is 17.3 Å². The van der Waals surface area contributed by atoms with E-state index >= 15 is 0 Å². The number of carbonyl (C=O) groups is 1. The van der Waals surface area contributed by atoms with Crippen molar-refractivity contribution in [2.24, 2.45) is 0 Å². The summed E-state index contributed by atoms with van der Waals surface area (Å²) >= 11 is 6.51. The number of hydrogen-bond acceptors (Lipinski definition) is 2. The molecular weight excluding hydrogens is 326 g/mol. The number of nitrogens with one attached hydrogen (secondary N) is 1. The molecule has 0 aliphatic carbocycles. The number of halogens is 2. The van der Waals surface area contributed by atoms with Gasteiger partial charge in [-0.3, -0.25) is 4.79 Å². The first-order chi connectivity index (χ1) is 7.13. The molecule has 1 unspecified atom stereocenters. The highest BCUT2D eigenvalue weighted by Gasteiger charge is 2.12. The third kappa shape index (κ3) is 4.38. The molecule has 0 aromatic carbocycles. The summed E-state index contributed by atoms with van der Waals surface area (Å²) in [6, 6.07) is 3.52. The minimum atomic E-state index is -0.164. The molecule has 0 bridgehead atoms. The molecule has 1 rings (SSSR count). The Morgan fingerprint density at radius 2 is 2.33 bits per heavy atom. The Hall–Kier alpha value is -0.290. The number of amides is 1. The summed E-state index contributed by atoms with van der Waals surface area (Å²) in [5.74, 6) is 0.176. The Labute approximate surface area is 106 Å². The quantitative estimate of drug-likeness (QED) is 0.837. The Morgan fingerprint density at radius 3 is 2.87 bits per heavy atom. The lowest BCUT2D eigenvalue weighted by Gasteiger charge is -2.11. The molecule has 1 heterocycles. The topological polar surface area (TPSA) is 42.2 Å². The van der Waals surface area contributed by atoms with Crippen LogP contribution in [0.15, 0.2) is 21.2 Å². The zero-order valence-electron chi connectivity index (χ0n) is 8.43. The summed E-state index contributed by atoms with van der Waals surface area (Å²) in [5, 5.41) is 3.83. The van der Waals surface area contributed by atoms with E-state index in [0.717, 1.165) is 18.2 Å². The number of furan rings is 1. The smallest absolute Gasteiger partial charge is 0.287 e. The maximum atomic E-state index is 11.6. The van der Waals surface area contributed by atoms with Crippen LogP contribution in [0.4, 0.5) is 0 Å². The molecule has 5 heteroatoms. The lowest BCUT2D eigenvalue weighted by Crippen LogP contribution is -2.32. The van der Waals surface area contributed by atoms with Crippen LogP contribution in [0.2, 0.25) is 0 Å². The molecule has 1 N–H and O–H groups in total. The van der Waals surface area contributed by atoms with Crippen LogP contribution in [0.25, 0.3) is 0 Å². The normalized spacial score (nSPS) is 12.5. The van der Waals surface area contributed by atoms with Crippen LogP contribution in [0, 0.1) is 0 Å². The van der Waals surface area contributed by atoms with Gasteiger partial charge in [-0.05, 0) is 47.8 Å². The summed E-state index contributed by atoms with van der Waals surface area (Å²) in [6.07, 6.45) is 2.00. The molecule has 0 spiro atoms. The van der Waals surface area contributed by atoms with Gasteiger partial charge in [0.2, 0.25) is 0 Å². The first-order valence-electron chi connectivity index (χ1n) is 4.75. The molecule has 1 amide bonds. The predicted molar refractivity (Wildman–Crippen MR) is 66.4 cm³/mol. The van der Waals surface area contributed by atoms with Crippen molar-refractivity contribution in [3.8, 4) is 0 Å². The highest BCUT2D eigenvalue weighted by molar-refractivity contribution is 9.10. The zero-order valence-corrected chi connectivity index (χ0v) is 11.6. The van der Waals surface area contributed by atoms with Crippen LogP contribution in [0.3, 0.4) is 0 Å². The van der Waals surface area contributed by atoms with E-state index in [1.54, 1.807) is 12.1 Å². The summed E-state index contributed by atoms with van der Waals surface area (Å²) in [5.41, 5.74) is 0. The fourth-order valence-corrected chi connectivity index (χ4v) is 1.82. The maximum absolute atomic E-state index is 11.6. The van der Waals surface area contributed by atoms with Crippen molar-refractivity contribution in [1.29, 1.82) is 0 Å². The Kier molecular flexibility index (Phi) is 5.39. The molecule has 1 aromatic rings. The predicted octanol–water partition coefficient (Wildman–Crippen LogP) is 3.34. The molecule has 0 aliphatic rings. The third-order valence-electron chi connectivity index (χ3n) is 1.95. The van der Waals surface area contributed by atoms with Gasteiger partial charge >= 0.3 is 0 Å². The van der Waals surface area contributed by atoms with Gasteiger partial charge in [0.05, 0.1) is 0 Å². The second-order valence-corrected chi connectivity index (χ2v) is 4.88. The van der Waals surface area contributed by atoms with Crippen molar-refractivity contribution in [3.63, 3.8) is 0 Å². The highest BCUT2D eigenvalue weighted by atomic mass is 79.9. The van der Waals surface area contributed by atoms with Crippen molar-refractivity contribution in [2.45, 2.75) is 25.8 Å². The number of alkyl halides is 1. The first kappa shape index (κ1) is 12.8. The van der Waals surface area contributed by atoms with Crippen LogP contribution in [-0.2, 0) is 0 Å². The molecule has 15 heavy (non-hydrogen) atoms. The first-order valence-corrected chi connectivity index (χ1v) is 6.67. The lowest BCUT2D eigenvalue weighted by atomic mass is 10.2. The molecular formula is C10H13Br2NO2. The van der Waals surface area contributed by atoms with E-state index in [0.29, 0.717) is 10.4 Å². The second-order valence-electron chi connectivity index (χ2n) is 3.31. The van der Waals surface area contributed by atoms with E-state index < -0.39 is 0 Å². The summed E-state index contributed by atoms with van der Waals surface area (Å²) < 4.78 is 5.72. The van der Waals surface area contributed by atoms with Crippen LogP contribution in [0.1, 0.15) is 30.3 Å². The number of rotatable bonds is 5. The maximum Gasteiger partial charge on any atom is 0.287 e. The van der Waals surface area contributed by atoms with E-state index in [9.17, 15) is 4.79 Å². The highest BCUT2D eigenvalue weighted by Crippen LogP contribution is 2.14. The Bertz CT molecular complexity index is 325. The summed E-state index contributed by atoms with van der Waals surface area (Å²) in [7, 11) is 0. The molecule has 1 aromatic heterocycles. The fraction of sp³-hybridized carbons (Fsp3) is 0.500. The van der Waals surface area contributed by atoms with Gasteiger partial charge in [0.15, 0.2) is 10.4 Å². The minimum absolute atomic E-state index is 0.164. The molecule has 1 atom stereocenters. The third-order valence-corrected chi connectivity index (χ3v) is 2.93. The van der Waals surface area contributed by atoms with Gasteiger partial charge in [-0.15, -0.1) is 0 Å². The molecule has 0 saturated heterocycles. The SMILES string of the molecule is CC(CCCBr)NC(=O)c1ccc(Br)o1. The van der Waals surface area contributed by atoms with Crippen molar-refractivity contribution in [2.75, 3.05) is 5.33 Å². The van der Waals surface area contributed by atoms with Gasteiger partial charge in [-0.1, -0.05) is 15.9 Å². The summed E-state index contributed by atoms with van der Waals surface area (Å²) in [4.78, 5) is 11.6. The lowest BCUT2D eigenvalue weighted by molar-refractivity contribution is 0.0909. The monoisotopic (exact) mass is 337 g/mol. The number of carbonyl (C=O) groups excluding carboxylic acids is 1. The van der Waals surface area contributed by atoms with Gasteiger partial charge in [-0.25, -0.2) is 0 Å². The van der Waals surface area contributed by atoms with Gasteiger partial charge in [-0.2, -0.15) is 0 Å². The Balaban J connectivity index is 2.42. The van der Waals surface area contributed by atoms with Crippen molar-refractivity contribution in [3.05, 3.63) is 22.6 Å². The molecule has 0 saturated carbocycles.